The molecule has 0 bridgehead atoms. The SMILES string of the molecule is CCCNc1cccc(C(=O)NCCc2cnn(C)c2)n1. The fourth-order valence-corrected chi connectivity index (χ4v) is 1.92. The third-order valence-corrected chi connectivity index (χ3v) is 3.00. The van der Waals surface area contributed by atoms with Gasteiger partial charge in [0, 0.05) is 26.3 Å². The summed E-state index contributed by atoms with van der Waals surface area (Å²) >= 11 is 0. The Labute approximate surface area is 124 Å². The maximum absolute atomic E-state index is 12.0. The second-order valence-corrected chi connectivity index (χ2v) is 4.86. The molecular weight excluding hydrogens is 266 g/mol. The normalized spacial score (nSPS) is 10.4. The lowest BCUT2D eigenvalue weighted by Crippen LogP contribution is -2.26. The summed E-state index contributed by atoms with van der Waals surface area (Å²) in [7, 11) is 1.88. The van der Waals surface area contributed by atoms with Crippen LogP contribution in [-0.4, -0.2) is 33.8 Å². The number of anilines is 1. The first-order chi connectivity index (χ1) is 10.2. The first-order valence-corrected chi connectivity index (χ1v) is 7.15. The van der Waals surface area contributed by atoms with Gasteiger partial charge in [0.05, 0.1) is 6.20 Å². The molecule has 0 spiro atoms. The van der Waals surface area contributed by atoms with Gasteiger partial charge in [0.1, 0.15) is 11.5 Å². The van der Waals surface area contributed by atoms with Crippen molar-refractivity contribution >= 4 is 11.7 Å². The molecule has 21 heavy (non-hydrogen) atoms. The molecule has 0 unspecified atom stereocenters. The van der Waals surface area contributed by atoms with Gasteiger partial charge in [-0.1, -0.05) is 13.0 Å². The Morgan fingerprint density at radius 1 is 1.33 bits per heavy atom. The number of aromatic nitrogens is 3. The van der Waals surface area contributed by atoms with Gasteiger partial charge >= 0.3 is 0 Å². The van der Waals surface area contributed by atoms with E-state index in [4.69, 9.17) is 0 Å². The highest BCUT2D eigenvalue weighted by Gasteiger charge is 2.07. The van der Waals surface area contributed by atoms with Crippen LogP contribution in [0.2, 0.25) is 0 Å². The Balaban J connectivity index is 1.85. The second kappa shape index (κ2) is 7.42. The number of nitrogens with zero attached hydrogens (tertiary/aromatic N) is 3. The lowest BCUT2D eigenvalue weighted by Gasteiger charge is -2.07. The molecule has 2 aromatic heterocycles. The first kappa shape index (κ1) is 15.0. The summed E-state index contributed by atoms with van der Waals surface area (Å²) in [5.41, 5.74) is 1.53. The van der Waals surface area contributed by atoms with Crippen molar-refractivity contribution in [1.29, 1.82) is 0 Å². The van der Waals surface area contributed by atoms with Crippen LogP contribution in [0.5, 0.6) is 0 Å². The number of carbonyl (C=O) groups is 1. The number of hydrogen-bond acceptors (Lipinski definition) is 4. The Kier molecular flexibility index (Phi) is 5.31. The molecule has 1 amide bonds. The summed E-state index contributed by atoms with van der Waals surface area (Å²) in [4.78, 5) is 16.3. The van der Waals surface area contributed by atoms with E-state index in [2.05, 4.69) is 27.6 Å². The monoisotopic (exact) mass is 287 g/mol. The van der Waals surface area contributed by atoms with Crippen LogP contribution in [0.25, 0.3) is 0 Å². The number of hydrogen-bond donors (Lipinski definition) is 2. The topological polar surface area (TPSA) is 71.8 Å². The summed E-state index contributed by atoms with van der Waals surface area (Å²) in [5, 5.41) is 10.1. The summed E-state index contributed by atoms with van der Waals surface area (Å²) < 4.78 is 1.75. The van der Waals surface area contributed by atoms with Crippen LogP contribution in [0.4, 0.5) is 5.82 Å². The van der Waals surface area contributed by atoms with Gasteiger partial charge in [-0.2, -0.15) is 5.10 Å². The fourth-order valence-electron chi connectivity index (χ4n) is 1.92. The smallest absolute Gasteiger partial charge is 0.269 e. The Morgan fingerprint density at radius 3 is 2.90 bits per heavy atom. The first-order valence-electron chi connectivity index (χ1n) is 7.15. The molecule has 2 heterocycles. The molecule has 0 saturated heterocycles. The molecule has 6 nitrogen and oxygen atoms in total. The minimum Gasteiger partial charge on any atom is -0.370 e. The third-order valence-electron chi connectivity index (χ3n) is 3.00. The van der Waals surface area contributed by atoms with Crippen LogP contribution in [-0.2, 0) is 13.5 Å². The van der Waals surface area contributed by atoms with E-state index in [9.17, 15) is 4.79 Å². The lowest BCUT2D eigenvalue weighted by atomic mass is 10.2. The fraction of sp³-hybridized carbons (Fsp3) is 0.400. The number of amides is 1. The summed E-state index contributed by atoms with van der Waals surface area (Å²) in [6.45, 7) is 3.50. The van der Waals surface area contributed by atoms with Crippen molar-refractivity contribution in [3.05, 3.63) is 41.9 Å². The molecule has 0 saturated carbocycles. The maximum atomic E-state index is 12.0. The van der Waals surface area contributed by atoms with Crippen LogP contribution in [0.1, 0.15) is 29.4 Å². The second-order valence-electron chi connectivity index (χ2n) is 4.86. The highest BCUT2D eigenvalue weighted by atomic mass is 16.1. The molecule has 6 heteroatoms. The number of rotatable bonds is 7. The zero-order valence-corrected chi connectivity index (χ0v) is 12.5. The van der Waals surface area contributed by atoms with E-state index in [-0.39, 0.29) is 5.91 Å². The van der Waals surface area contributed by atoms with E-state index in [0.29, 0.717) is 12.2 Å². The largest absolute Gasteiger partial charge is 0.370 e. The van der Waals surface area contributed by atoms with Gasteiger partial charge in [0.25, 0.3) is 5.91 Å². The molecule has 0 fully saturated rings. The van der Waals surface area contributed by atoms with Gasteiger partial charge in [-0.25, -0.2) is 4.98 Å². The minimum atomic E-state index is -0.154. The van der Waals surface area contributed by atoms with E-state index in [0.717, 1.165) is 30.8 Å². The zero-order valence-electron chi connectivity index (χ0n) is 12.5. The zero-order chi connectivity index (χ0) is 15.1. The van der Waals surface area contributed by atoms with Crippen LogP contribution in [0.3, 0.4) is 0 Å². The molecule has 112 valence electrons. The van der Waals surface area contributed by atoms with Crippen molar-refractivity contribution < 1.29 is 4.79 Å². The molecule has 0 aliphatic carbocycles. The van der Waals surface area contributed by atoms with Gasteiger partial charge in [-0.15, -0.1) is 0 Å². The van der Waals surface area contributed by atoms with Crippen LogP contribution < -0.4 is 10.6 Å². The average Bonchev–Trinajstić information content (AvgIpc) is 2.91. The molecule has 0 aromatic carbocycles. The van der Waals surface area contributed by atoms with Crippen molar-refractivity contribution in [1.82, 2.24) is 20.1 Å². The van der Waals surface area contributed by atoms with Gasteiger partial charge in [0.2, 0.25) is 0 Å². The summed E-state index contributed by atoms with van der Waals surface area (Å²) in [6.07, 6.45) is 5.52. The molecule has 2 rings (SSSR count). The Bertz CT molecular complexity index is 593. The summed E-state index contributed by atoms with van der Waals surface area (Å²) in [6, 6.07) is 5.42. The molecular formula is C15H21N5O. The van der Waals surface area contributed by atoms with Crippen molar-refractivity contribution in [2.45, 2.75) is 19.8 Å². The van der Waals surface area contributed by atoms with Crippen molar-refractivity contribution in [2.75, 3.05) is 18.4 Å². The molecule has 0 aliphatic rings. The predicted molar refractivity (Wildman–Crippen MR) is 82.3 cm³/mol. The number of aryl methyl sites for hydroxylation is 1. The van der Waals surface area contributed by atoms with Gasteiger partial charge in [-0.05, 0) is 30.5 Å². The molecule has 2 N–H and O–H groups in total. The standard InChI is InChI=1S/C15H21N5O/c1-3-8-16-14-6-4-5-13(19-14)15(21)17-9-7-12-10-18-20(2)11-12/h4-6,10-11H,3,7-9H2,1-2H3,(H,16,19)(H,17,21). The van der Waals surface area contributed by atoms with E-state index < -0.39 is 0 Å². The maximum Gasteiger partial charge on any atom is 0.269 e. The molecule has 0 atom stereocenters. The number of carbonyl (C=O) groups excluding carboxylic acids is 1. The van der Waals surface area contributed by atoms with Crippen LogP contribution in [0, 0.1) is 0 Å². The van der Waals surface area contributed by atoms with Crippen LogP contribution >= 0.6 is 0 Å². The van der Waals surface area contributed by atoms with E-state index in [1.54, 1.807) is 16.9 Å². The minimum absolute atomic E-state index is 0.154. The molecule has 0 aliphatic heterocycles. The van der Waals surface area contributed by atoms with Gasteiger partial charge in [0.15, 0.2) is 0 Å². The van der Waals surface area contributed by atoms with Crippen molar-refractivity contribution in [3.8, 4) is 0 Å². The highest BCUT2D eigenvalue weighted by molar-refractivity contribution is 5.92. The van der Waals surface area contributed by atoms with E-state index in [1.807, 2.05) is 25.4 Å². The third kappa shape index (κ3) is 4.59. The van der Waals surface area contributed by atoms with Crippen molar-refractivity contribution in [2.24, 2.45) is 7.05 Å². The Hall–Kier alpha value is -2.37. The number of pyridine rings is 1. The summed E-state index contributed by atoms with van der Waals surface area (Å²) in [5.74, 6) is 0.579. The molecule has 0 radical (unpaired) electrons. The number of nitrogens with one attached hydrogen (secondary N) is 2. The average molecular weight is 287 g/mol. The molecule has 2 aromatic rings. The lowest BCUT2D eigenvalue weighted by molar-refractivity contribution is 0.0949. The van der Waals surface area contributed by atoms with E-state index in [1.165, 1.54) is 0 Å². The van der Waals surface area contributed by atoms with E-state index >= 15 is 0 Å². The van der Waals surface area contributed by atoms with Gasteiger partial charge < -0.3 is 10.6 Å². The van der Waals surface area contributed by atoms with Crippen LogP contribution in [0.15, 0.2) is 30.6 Å². The quantitative estimate of drug-likeness (QED) is 0.811. The Morgan fingerprint density at radius 2 is 2.19 bits per heavy atom. The predicted octanol–water partition coefficient (Wildman–Crippen LogP) is 1.61. The van der Waals surface area contributed by atoms with Gasteiger partial charge in [-0.3, -0.25) is 9.48 Å². The highest BCUT2D eigenvalue weighted by Crippen LogP contribution is 2.05. The van der Waals surface area contributed by atoms with Crippen molar-refractivity contribution in [3.63, 3.8) is 0 Å².